The van der Waals surface area contributed by atoms with Gasteiger partial charge in [-0.3, -0.25) is 13.9 Å². The predicted molar refractivity (Wildman–Crippen MR) is 137 cm³/mol. The number of hydrogen-bond donors (Lipinski definition) is 1. The first-order chi connectivity index (χ1) is 15.6. The molecule has 0 aliphatic heterocycles. The summed E-state index contributed by atoms with van der Waals surface area (Å²) in [5, 5.41) is 3.30. The standard InChI is InChI=1S/C25H34ClN3O4S/c1-17-11-13-20(14-12-17)15-28(19(3)24(31)27-25(4,5)6)23(30)16-29(34(7,32)33)22-10-8-9-21(26)18(22)2/h8-14,19H,15-16H2,1-7H3,(H,27,31). The Balaban J connectivity index is 2.44. The van der Waals surface area contributed by atoms with Crippen LogP contribution in [0.3, 0.4) is 0 Å². The van der Waals surface area contributed by atoms with Crippen LogP contribution in [0.2, 0.25) is 5.02 Å². The second kappa shape index (κ2) is 10.8. The largest absolute Gasteiger partial charge is 0.350 e. The van der Waals surface area contributed by atoms with E-state index in [1.165, 1.54) is 4.90 Å². The molecule has 0 saturated heterocycles. The maximum absolute atomic E-state index is 13.6. The number of halogens is 1. The smallest absolute Gasteiger partial charge is 0.244 e. The van der Waals surface area contributed by atoms with E-state index in [4.69, 9.17) is 11.6 Å². The molecule has 0 bridgehead atoms. The van der Waals surface area contributed by atoms with E-state index < -0.39 is 34.1 Å². The SMILES string of the molecule is Cc1ccc(CN(C(=O)CN(c2cccc(Cl)c2C)S(C)(=O)=O)C(C)C(=O)NC(C)(C)C)cc1. The minimum Gasteiger partial charge on any atom is -0.350 e. The molecule has 0 aliphatic carbocycles. The van der Waals surface area contributed by atoms with E-state index >= 15 is 0 Å². The Morgan fingerprint density at radius 2 is 1.65 bits per heavy atom. The van der Waals surface area contributed by atoms with Crippen LogP contribution >= 0.6 is 11.6 Å². The number of rotatable bonds is 8. The zero-order valence-electron chi connectivity index (χ0n) is 20.8. The van der Waals surface area contributed by atoms with Crippen molar-refractivity contribution in [2.75, 3.05) is 17.1 Å². The summed E-state index contributed by atoms with van der Waals surface area (Å²) in [4.78, 5) is 27.9. The van der Waals surface area contributed by atoms with Gasteiger partial charge < -0.3 is 10.2 Å². The molecule has 2 aromatic carbocycles. The second-order valence-corrected chi connectivity index (χ2v) is 11.9. The second-order valence-electron chi connectivity index (χ2n) is 9.58. The molecule has 2 rings (SSSR count). The third-order valence-electron chi connectivity index (χ3n) is 5.33. The van der Waals surface area contributed by atoms with Crippen molar-refractivity contribution in [2.24, 2.45) is 0 Å². The quantitative estimate of drug-likeness (QED) is 0.583. The van der Waals surface area contributed by atoms with Crippen molar-refractivity contribution < 1.29 is 18.0 Å². The molecule has 34 heavy (non-hydrogen) atoms. The van der Waals surface area contributed by atoms with Crippen LogP contribution < -0.4 is 9.62 Å². The number of amides is 2. The fourth-order valence-electron chi connectivity index (χ4n) is 3.41. The zero-order chi connectivity index (χ0) is 25.8. The minimum absolute atomic E-state index is 0.157. The fourth-order valence-corrected chi connectivity index (χ4v) is 4.48. The van der Waals surface area contributed by atoms with Gasteiger partial charge in [0.25, 0.3) is 0 Å². The maximum atomic E-state index is 13.6. The van der Waals surface area contributed by atoms with Crippen molar-refractivity contribution >= 4 is 39.1 Å². The van der Waals surface area contributed by atoms with Crippen molar-refractivity contribution in [1.29, 1.82) is 0 Å². The van der Waals surface area contributed by atoms with E-state index in [1.54, 1.807) is 32.0 Å². The number of benzene rings is 2. The summed E-state index contributed by atoms with van der Waals surface area (Å²) in [6.45, 7) is 10.6. The van der Waals surface area contributed by atoms with Gasteiger partial charge in [-0.05, 0) is 64.8 Å². The van der Waals surface area contributed by atoms with Gasteiger partial charge in [-0.2, -0.15) is 0 Å². The van der Waals surface area contributed by atoms with Crippen LogP contribution in [-0.2, 0) is 26.2 Å². The molecule has 1 atom stereocenters. The van der Waals surface area contributed by atoms with Crippen molar-refractivity contribution in [3.05, 3.63) is 64.2 Å². The highest BCUT2D eigenvalue weighted by Crippen LogP contribution is 2.28. The van der Waals surface area contributed by atoms with Gasteiger partial charge in [0.1, 0.15) is 12.6 Å². The number of anilines is 1. The molecular weight excluding hydrogens is 474 g/mol. The topological polar surface area (TPSA) is 86.8 Å². The number of nitrogens with one attached hydrogen (secondary N) is 1. The molecule has 0 fully saturated rings. The third-order valence-corrected chi connectivity index (χ3v) is 6.86. The normalized spacial score (nSPS) is 12.7. The van der Waals surface area contributed by atoms with Crippen LogP contribution in [0.5, 0.6) is 0 Å². The molecule has 0 spiro atoms. The summed E-state index contributed by atoms with van der Waals surface area (Å²) < 4.78 is 26.4. The zero-order valence-corrected chi connectivity index (χ0v) is 22.4. The van der Waals surface area contributed by atoms with Crippen molar-refractivity contribution in [3.63, 3.8) is 0 Å². The van der Waals surface area contributed by atoms with Crippen LogP contribution in [0.4, 0.5) is 5.69 Å². The molecule has 1 unspecified atom stereocenters. The molecule has 1 N–H and O–H groups in total. The van der Waals surface area contributed by atoms with E-state index in [0.717, 1.165) is 21.7 Å². The Hall–Kier alpha value is -2.58. The molecular formula is C25H34ClN3O4S. The van der Waals surface area contributed by atoms with Crippen molar-refractivity contribution in [1.82, 2.24) is 10.2 Å². The molecule has 2 aromatic rings. The van der Waals surface area contributed by atoms with Gasteiger partial charge in [0, 0.05) is 17.1 Å². The highest BCUT2D eigenvalue weighted by Gasteiger charge is 2.31. The average molecular weight is 508 g/mol. The Kier molecular flexibility index (Phi) is 8.77. The van der Waals surface area contributed by atoms with Gasteiger partial charge >= 0.3 is 0 Å². The lowest BCUT2D eigenvalue weighted by Crippen LogP contribution is -2.54. The van der Waals surface area contributed by atoms with Crippen LogP contribution in [-0.4, -0.2) is 49.5 Å². The fraction of sp³-hybridized carbons (Fsp3) is 0.440. The van der Waals surface area contributed by atoms with Gasteiger partial charge in [-0.1, -0.05) is 47.5 Å². The first kappa shape index (κ1) is 27.7. The molecule has 0 aliphatic rings. The van der Waals surface area contributed by atoms with E-state index in [1.807, 2.05) is 52.0 Å². The van der Waals surface area contributed by atoms with E-state index in [0.29, 0.717) is 16.3 Å². The third kappa shape index (κ3) is 7.46. The Morgan fingerprint density at radius 1 is 1.06 bits per heavy atom. The predicted octanol–water partition coefficient (Wildman–Crippen LogP) is 4.05. The van der Waals surface area contributed by atoms with E-state index in [9.17, 15) is 18.0 Å². The van der Waals surface area contributed by atoms with Gasteiger partial charge in [-0.25, -0.2) is 8.42 Å². The summed E-state index contributed by atoms with van der Waals surface area (Å²) in [5.41, 5.74) is 2.29. The Morgan fingerprint density at radius 3 is 2.18 bits per heavy atom. The van der Waals surface area contributed by atoms with E-state index in [2.05, 4.69) is 5.32 Å². The van der Waals surface area contributed by atoms with Crippen molar-refractivity contribution in [2.45, 2.75) is 59.7 Å². The molecule has 9 heteroatoms. The lowest BCUT2D eigenvalue weighted by molar-refractivity contribution is -0.140. The molecule has 0 heterocycles. The monoisotopic (exact) mass is 507 g/mol. The van der Waals surface area contributed by atoms with Crippen LogP contribution in [0.15, 0.2) is 42.5 Å². The molecule has 186 valence electrons. The number of hydrogen-bond acceptors (Lipinski definition) is 4. The van der Waals surface area contributed by atoms with Gasteiger partial charge in [0.15, 0.2) is 0 Å². The highest BCUT2D eigenvalue weighted by atomic mass is 35.5. The summed E-state index contributed by atoms with van der Waals surface area (Å²) in [6.07, 6.45) is 1.04. The molecule has 0 aromatic heterocycles. The number of nitrogens with zero attached hydrogens (tertiary/aromatic N) is 2. The number of aryl methyl sites for hydroxylation is 1. The lowest BCUT2D eigenvalue weighted by Gasteiger charge is -2.33. The number of sulfonamides is 1. The van der Waals surface area contributed by atoms with Crippen molar-refractivity contribution in [3.8, 4) is 0 Å². The summed E-state index contributed by atoms with van der Waals surface area (Å²) >= 11 is 6.21. The van der Waals surface area contributed by atoms with Crippen LogP contribution in [0.1, 0.15) is 44.4 Å². The van der Waals surface area contributed by atoms with Gasteiger partial charge in [0.05, 0.1) is 11.9 Å². The molecule has 2 amide bonds. The highest BCUT2D eigenvalue weighted by molar-refractivity contribution is 7.92. The molecule has 7 nitrogen and oxygen atoms in total. The van der Waals surface area contributed by atoms with E-state index in [-0.39, 0.29) is 12.5 Å². The number of carbonyl (C=O) groups excluding carboxylic acids is 2. The first-order valence-corrected chi connectivity index (χ1v) is 13.2. The van der Waals surface area contributed by atoms with Crippen LogP contribution in [0.25, 0.3) is 0 Å². The summed E-state index contributed by atoms with van der Waals surface area (Å²) in [5.74, 6) is -0.820. The summed E-state index contributed by atoms with van der Waals surface area (Å²) in [7, 11) is -3.81. The average Bonchev–Trinajstić information content (AvgIpc) is 2.71. The Bertz CT molecular complexity index is 1140. The summed E-state index contributed by atoms with van der Waals surface area (Å²) in [6, 6.07) is 11.7. The van der Waals surface area contributed by atoms with Crippen LogP contribution in [0, 0.1) is 13.8 Å². The lowest BCUT2D eigenvalue weighted by atomic mass is 10.1. The first-order valence-electron chi connectivity index (χ1n) is 11.0. The molecule has 0 radical (unpaired) electrons. The molecule has 0 saturated carbocycles. The number of carbonyl (C=O) groups is 2. The minimum atomic E-state index is -3.81. The van der Waals surface area contributed by atoms with Gasteiger partial charge in [-0.15, -0.1) is 0 Å². The maximum Gasteiger partial charge on any atom is 0.244 e. The van der Waals surface area contributed by atoms with Gasteiger partial charge in [0.2, 0.25) is 21.8 Å². The Labute approximate surface area is 208 Å².